The van der Waals surface area contributed by atoms with Crippen molar-refractivity contribution >= 4 is 24.9 Å². The maximum atomic E-state index is 13.9. The molecule has 0 fully saturated rings. The molecule has 2 aromatic heterocycles. The van der Waals surface area contributed by atoms with Crippen molar-refractivity contribution in [3.63, 3.8) is 0 Å². The van der Waals surface area contributed by atoms with Crippen molar-refractivity contribution in [2.75, 3.05) is 20.3 Å². The molecular formula is C31H39FN4O5Si. The lowest BCUT2D eigenvalue weighted by atomic mass is 10.0. The molecule has 1 atom stereocenters. The number of carbonyl (C=O) groups excluding carboxylic acids is 1. The largest absolute Gasteiger partial charge is 0.618 e. The minimum absolute atomic E-state index is 0.178. The summed E-state index contributed by atoms with van der Waals surface area (Å²) >= 11 is 0. The number of nitrogens with zero attached hydrogens (tertiary/aromatic N) is 4. The zero-order valence-electron chi connectivity index (χ0n) is 25.1. The molecule has 224 valence electrons. The second kappa shape index (κ2) is 13.0. The van der Waals surface area contributed by atoms with Crippen LogP contribution in [0.15, 0.2) is 54.9 Å². The van der Waals surface area contributed by atoms with E-state index >= 15 is 0 Å². The van der Waals surface area contributed by atoms with Gasteiger partial charge in [-0.3, -0.25) is 4.79 Å². The predicted molar refractivity (Wildman–Crippen MR) is 162 cm³/mol. The molecule has 4 aromatic rings. The van der Waals surface area contributed by atoms with Crippen LogP contribution in [0.3, 0.4) is 0 Å². The zero-order chi connectivity index (χ0) is 30.6. The first-order valence-electron chi connectivity index (χ1n) is 14.0. The maximum Gasteiger partial charge on any atom is 0.254 e. The molecule has 1 unspecified atom stereocenters. The lowest BCUT2D eigenvalue weighted by molar-refractivity contribution is -0.615. The second-order valence-corrected chi connectivity index (χ2v) is 17.1. The molecule has 2 heterocycles. The van der Waals surface area contributed by atoms with E-state index in [9.17, 15) is 19.5 Å². The number of carbonyl (C=O) groups is 1. The Hall–Kier alpha value is -3.80. The van der Waals surface area contributed by atoms with Crippen molar-refractivity contribution in [1.29, 1.82) is 0 Å². The van der Waals surface area contributed by atoms with Crippen molar-refractivity contribution in [3.8, 4) is 16.9 Å². The van der Waals surface area contributed by atoms with Gasteiger partial charge < -0.3 is 24.7 Å². The highest BCUT2D eigenvalue weighted by Crippen LogP contribution is 2.33. The van der Waals surface area contributed by atoms with Crippen molar-refractivity contribution in [2.24, 2.45) is 0 Å². The van der Waals surface area contributed by atoms with Gasteiger partial charge >= 0.3 is 0 Å². The van der Waals surface area contributed by atoms with Gasteiger partial charge in [-0.25, -0.2) is 9.07 Å². The van der Waals surface area contributed by atoms with Crippen LogP contribution in [-0.2, 0) is 18.1 Å². The average Bonchev–Trinajstić information content (AvgIpc) is 3.37. The van der Waals surface area contributed by atoms with Crippen LogP contribution in [0.2, 0.25) is 25.7 Å². The summed E-state index contributed by atoms with van der Waals surface area (Å²) < 4.78 is 28.0. The molecule has 0 aliphatic rings. The fourth-order valence-corrected chi connectivity index (χ4v) is 5.54. The van der Waals surface area contributed by atoms with Crippen molar-refractivity contribution < 1.29 is 28.5 Å². The first kappa shape index (κ1) is 31.1. The van der Waals surface area contributed by atoms with Gasteiger partial charge in [0.1, 0.15) is 24.9 Å². The number of ether oxygens (including phenoxy) is 2. The van der Waals surface area contributed by atoms with Gasteiger partial charge in [-0.05, 0) is 55.8 Å². The minimum atomic E-state index is -1.28. The number of benzene rings is 2. The molecular weight excluding hydrogens is 555 g/mol. The standard InChI is InChI=1S/C31H39FN4O5Si/c1-7-41-29-16-23(11-12-25(29)22-9-8-10-24(32)15-22)31(38)34(3)21(2)27-18-36(39)28(19-37)26-17-33-35(30(26)27)20-40-13-14-42(4,5)6/h8-12,15-18,21,37H,7,13-14,19-20H2,1-6H3. The highest BCUT2D eigenvalue weighted by atomic mass is 28.3. The van der Waals surface area contributed by atoms with E-state index in [4.69, 9.17) is 9.47 Å². The van der Waals surface area contributed by atoms with E-state index < -0.39 is 20.7 Å². The number of halogens is 1. The number of pyridine rings is 1. The summed E-state index contributed by atoms with van der Waals surface area (Å²) in [5.74, 6) is -0.183. The Morgan fingerprint density at radius 1 is 1.24 bits per heavy atom. The summed E-state index contributed by atoms with van der Waals surface area (Å²) in [6.45, 7) is 11.2. The molecule has 0 aliphatic heterocycles. The van der Waals surface area contributed by atoms with E-state index in [1.807, 2.05) is 13.8 Å². The first-order chi connectivity index (χ1) is 19.9. The number of aromatic nitrogens is 3. The van der Waals surface area contributed by atoms with Crippen LogP contribution in [0.5, 0.6) is 5.75 Å². The van der Waals surface area contributed by atoms with Gasteiger partial charge in [0.25, 0.3) is 5.91 Å². The van der Waals surface area contributed by atoms with Crippen molar-refractivity contribution in [3.05, 3.63) is 82.7 Å². The molecule has 11 heteroatoms. The van der Waals surface area contributed by atoms with Crippen LogP contribution in [0, 0.1) is 11.0 Å². The maximum absolute atomic E-state index is 13.9. The quantitative estimate of drug-likeness (QED) is 0.100. The zero-order valence-corrected chi connectivity index (χ0v) is 26.1. The molecule has 0 saturated carbocycles. The monoisotopic (exact) mass is 594 g/mol. The highest BCUT2D eigenvalue weighted by molar-refractivity contribution is 6.76. The van der Waals surface area contributed by atoms with Gasteiger partial charge in [0.2, 0.25) is 5.69 Å². The second-order valence-electron chi connectivity index (χ2n) is 11.5. The summed E-state index contributed by atoms with van der Waals surface area (Å²) in [5.41, 5.74) is 3.08. The summed E-state index contributed by atoms with van der Waals surface area (Å²) in [4.78, 5) is 15.3. The Bertz CT molecular complexity index is 1570. The fraction of sp³-hybridized carbons (Fsp3) is 0.387. The molecule has 0 spiro atoms. The number of hydrogen-bond acceptors (Lipinski definition) is 6. The lowest BCUT2D eigenvalue weighted by Crippen LogP contribution is -2.36. The topological polar surface area (TPSA) is 104 Å². The van der Waals surface area contributed by atoms with E-state index in [2.05, 4.69) is 24.7 Å². The molecule has 1 N–H and O–H groups in total. The Labute approximate surface area is 246 Å². The minimum Gasteiger partial charge on any atom is -0.618 e. The smallest absolute Gasteiger partial charge is 0.254 e. The van der Waals surface area contributed by atoms with Gasteiger partial charge in [-0.15, -0.1) is 0 Å². The van der Waals surface area contributed by atoms with E-state index in [-0.39, 0.29) is 24.1 Å². The van der Waals surface area contributed by atoms with Crippen LogP contribution in [0.25, 0.3) is 22.0 Å². The third-order valence-corrected chi connectivity index (χ3v) is 9.03. The normalized spacial score (nSPS) is 12.5. The molecule has 0 radical (unpaired) electrons. The van der Waals surface area contributed by atoms with E-state index in [1.165, 1.54) is 18.3 Å². The molecule has 1 amide bonds. The number of aliphatic hydroxyl groups is 1. The number of rotatable bonds is 12. The Balaban J connectivity index is 1.67. The predicted octanol–water partition coefficient (Wildman–Crippen LogP) is 5.51. The SMILES string of the molecule is CCOc1cc(C(=O)N(C)C(C)c2c[n+]([O-])c(CO)c3cnn(COCC[Si](C)(C)C)c23)ccc1-c1cccc(F)c1. The fourth-order valence-electron chi connectivity index (χ4n) is 4.79. The summed E-state index contributed by atoms with van der Waals surface area (Å²) in [7, 11) is 0.386. The van der Waals surface area contributed by atoms with Crippen molar-refractivity contribution in [2.45, 2.75) is 58.9 Å². The van der Waals surface area contributed by atoms with Crippen molar-refractivity contribution in [1.82, 2.24) is 14.7 Å². The number of fused-ring (bicyclic) bond motifs is 1. The van der Waals surface area contributed by atoms with Gasteiger partial charge in [0.15, 0.2) is 6.20 Å². The molecule has 42 heavy (non-hydrogen) atoms. The number of hydrogen-bond donors (Lipinski definition) is 1. The van der Waals surface area contributed by atoms with E-state index in [0.717, 1.165) is 6.04 Å². The summed E-state index contributed by atoms with van der Waals surface area (Å²) in [6.07, 6.45) is 2.94. The van der Waals surface area contributed by atoms with Gasteiger partial charge in [-0.2, -0.15) is 9.83 Å². The summed E-state index contributed by atoms with van der Waals surface area (Å²) in [5, 5.41) is 27.8. The van der Waals surface area contributed by atoms with Gasteiger partial charge in [-0.1, -0.05) is 31.8 Å². The first-order valence-corrected chi connectivity index (χ1v) is 17.7. The number of aliphatic hydroxyl groups excluding tert-OH is 1. The van der Waals surface area contributed by atoms with Crippen LogP contribution in [0.4, 0.5) is 4.39 Å². The Morgan fingerprint density at radius 3 is 2.67 bits per heavy atom. The molecule has 2 aromatic carbocycles. The summed E-state index contributed by atoms with van der Waals surface area (Å²) in [6, 6.07) is 11.8. The van der Waals surface area contributed by atoms with Crippen LogP contribution in [-0.4, -0.2) is 54.0 Å². The Kier molecular flexibility index (Phi) is 9.65. The van der Waals surface area contributed by atoms with E-state index in [1.54, 1.807) is 53.2 Å². The van der Waals surface area contributed by atoms with Gasteiger partial charge in [0, 0.05) is 32.9 Å². The highest BCUT2D eigenvalue weighted by Gasteiger charge is 2.28. The Morgan fingerprint density at radius 2 is 2.00 bits per heavy atom. The molecule has 4 rings (SSSR count). The van der Waals surface area contributed by atoms with Gasteiger partial charge in [0.05, 0.1) is 35.3 Å². The molecule has 9 nitrogen and oxygen atoms in total. The molecule has 0 saturated heterocycles. The lowest BCUT2D eigenvalue weighted by Gasteiger charge is -2.26. The third-order valence-electron chi connectivity index (χ3n) is 7.32. The van der Waals surface area contributed by atoms with Crippen LogP contribution in [0.1, 0.15) is 41.5 Å². The van der Waals surface area contributed by atoms with Crippen LogP contribution >= 0.6 is 0 Å². The molecule has 0 aliphatic carbocycles. The van der Waals surface area contributed by atoms with E-state index in [0.29, 0.717) is 56.9 Å². The third kappa shape index (κ3) is 6.80. The molecule has 0 bridgehead atoms. The number of amides is 1. The average molecular weight is 595 g/mol. The van der Waals surface area contributed by atoms with Crippen LogP contribution < -0.4 is 9.47 Å².